The zero-order valence-electron chi connectivity index (χ0n) is 17.3. The number of ether oxygens (including phenoxy) is 1. The number of carbonyl (C=O) groups excluding carboxylic acids is 1. The van der Waals surface area contributed by atoms with Crippen molar-refractivity contribution in [1.29, 1.82) is 0 Å². The number of pyridine rings is 1. The molecule has 29 heavy (non-hydrogen) atoms. The van der Waals surface area contributed by atoms with E-state index in [0.717, 1.165) is 16.9 Å². The molecule has 5 heteroatoms. The predicted octanol–water partition coefficient (Wildman–Crippen LogP) is 6.05. The van der Waals surface area contributed by atoms with Gasteiger partial charge in [-0.15, -0.1) is 0 Å². The van der Waals surface area contributed by atoms with Gasteiger partial charge in [-0.2, -0.15) is 0 Å². The summed E-state index contributed by atoms with van der Waals surface area (Å²) in [4.78, 5) is 16.8. The number of hydrogen-bond acceptors (Lipinski definition) is 3. The molecule has 2 N–H and O–H groups in total. The Bertz CT molecular complexity index is 965. The highest BCUT2D eigenvalue weighted by Gasteiger charge is 2.20. The van der Waals surface area contributed by atoms with Gasteiger partial charge >= 0.3 is 6.03 Å². The van der Waals surface area contributed by atoms with Crippen LogP contribution in [0.3, 0.4) is 0 Å². The highest BCUT2D eigenvalue weighted by molar-refractivity contribution is 5.90. The van der Waals surface area contributed by atoms with Crippen LogP contribution in [-0.2, 0) is 5.41 Å². The van der Waals surface area contributed by atoms with Crippen LogP contribution in [0.25, 0.3) is 0 Å². The monoisotopic (exact) mass is 389 g/mol. The van der Waals surface area contributed by atoms with E-state index in [1.807, 2.05) is 61.5 Å². The molecule has 150 valence electrons. The molecule has 1 aromatic heterocycles. The third-order valence-electron chi connectivity index (χ3n) is 4.57. The highest BCUT2D eigenvalue weighted by Crippen LogP contribution is 2.35. The van der Waals surface area contributed by atoms with E-state index in [-0.39, 0.29) is 17.5 Å². The van der Waals surface area contributed by atoms with Crippen LogP contribution in [0, 0.1) is 0 Å². The van der Waals surface area contributed by atoms with Gasteiger partial charge in [0.2, 0.25) is 5.88 Å². The van der Waals surface area contributed by atoms with E-state index in [1.165, 1.54) is 0 Å². The summed E-state index contributed by atoms with van der Waals surface area (Å²) in [7, 11) is 0. The molecule has 5 nitrogen and oxygen atoms in total. The molecule has 1 heterocycles. The van der Waals surface area contributed by atoms with Crippen LogP contribution < -0.4 is 15.4 Å². The molecule has 1 unspecified atom stereocenters. The molecule has 0 saturated carbocycles. The smallest absolute Gasteiger partial charge is 0.319 e. The highest BCUT2D eigenvalue weighted by atomic mass is 16.5. The number of amides is 2. The molecule has 2 aromatic carbocycles. The van der Waals surface area contributed by atoms with Gasteiger partial charge in [0, 0.05) is 11.8 Å². The van der Waals surface area contributed by atoms with Crippen molar-refractivity contribution >= 4 is 11.7 Å². The predicted molar refractivity (Wildman–Crippen MR) is 116 cm³/mol. The molecule has 0 radical (unpaired) electrons. The maximum atomic E-state index is 12.5. The molecule has 3 aromatic rings. The SMILES string of the molecule is CC(NC(=O)Nc1cccnc1Oc1ccccc1C(C)(C)C)c1ccccc1. The minimum atomic E-state index is -0.316. The first-order valence-corrected chi connectivity index (χ1v) is 9.69. The summed E-state index contributed by atoms with van der Waals surface area (Å²) < 4.78 is 6.10. The lowest BCUT2D eigenvalue weighted by Crippen LogP contribution is -2.31. The Morgan fingerprint density at radius 2 is 1.66 bits per heavy atom. The van der Waals surface area contributed by atoms with Crippen molar-refractivity contribution in [2.24, 2.45) is 0 Å². The lowest BCUT2D eigenvalue weighted by Gasteiger charge is -2.23. The van der Waals surface area contributed by atoms with Crippen LogP contribution in [0.15, 0.2) is 72.9 Å². The van der Waals surface area contributed by atoms with Crippen LogP contribution in [0.2, 0.25) is 0 Å². The van der Waals surface area contributed by atoms with Crippen molar-refractivity contribution < 1.29 is 9.53 Å². The number of nitrogens with one attached hydrogen (secondary N) is 2. The van der Waals surface area contributed by atoms with Gasteiger partial charge in [0.05, 0.1) is 6.04 Å². The molecule has 0 fully saturated rings. The second-order valence-corrected chi connectivity index (χ2v) is 7.94. The number of aromatic nitrogens is 1. The molecule has 3 rings (SSSR count). The number of carbonyl (C=O) groups is 1. The molecule has 0 aliphatic heterocycles. The Morgan fingerprint density at radius 1 is 0.966 bits per heavy atom. The van der Waals surface area contributed by atoms with E-state index in [0.29, 0.717) is 11.6 Å². The lowest BCUT2D eigenvalue weighted by molar-refractivity contribution is 0.249. The number of benzene rings is 2. The normalized spacial score (nSPS) is 12.1. The first-order valence-electron chi connectivity index (χ1n) is 9.69. The Kier molecular flexibility index (Phi) is 6.17. The summed E-state index contributed by atoms with van der Waals surface area (Å²) in [6.45, 7) is 8.33. The largest absolute Gasteiger partial charge is 0.437 e. The molecule has 0 saturated heterocycles. The van der Waals surface area contributed by atoms with E-state index < -0.39 is 0 Å². The van der Waals surface area contributed by atoms with E-state index in [2.05, 4.69) is 36.4 Å². The number of rotatable bonds is 5. The summed E-state index contributed by atoms with van der Waals surface area (Å²) in [5.74, 6) is 1.08. The summed E-state index contributed by atoms with van der Waals surface area (Å²) >= 11 is 0. The average Bonchev–Trinajstić information content (AvgIpc) is 2.69. The average molecular weight is 389 g/mol. The van der Waals surface area contributed by atoms with Crippen molar-refractivity contribution in [2.75, 3.05) is 5.32 Å². The van der Waals surface area contributed by atoms with Crippen molar-refractivity contribution in [3.05, 3.63) is 84.1 Å². The van der Waals surface area contributed by atoms with Gasteiger partial charge in [-0.25, -0.2) is 9.78 Å². The van der Waals surface area contributed by atoms with E-state index in [9.17, 15) is 4.79 Å². The third kappa shape index (κ3) is 5.35. The fraction of sp³-hybridized carbons (Fsp3) is 0.250. The maximum absolute atomic E-state index is 12.5. The van der Waals surface area contributed by atoms with Crippen LogP contribution in [0.5, 0.6) is 11.6 Å². The quantitative estimate of drug-likeness (QED) is 0.558. The lowest BCUT2D eigenvalue weighted by atomic mass is 9.86. The summed E-state index contributed by atoms with van der Waals surface area (Å²) in [5.41, 5.74) is 2.53. The number of nitrogens with zero attached hydrogens (tertiary/aromatic N) is 1. The number of hydrogen-bond donors (Lipinski definition) is 2. The summed E-state index contributed by atoms with van der Waals surface area (Å²) in [5, 5.41) is 5.79. The van der Waals surface area contributed by atoms with Gasteiger partial charge in [0.1, 0.15) is 11.4 Å². The Balaban J connectivity index is 1.76. The molecule has 0 bridgehead atoms. The zero-order chi connectivity index (χ0) is 20.9. The van der Waals surface area contributed by atoms with Crippen LogP contribution in [-0.4, -0.2) is 11.0 Å². The van der Waals surface area contributed by atoms with E-state index in [1.54, 1.807) is 18.3 Å². The summed E-state index contributed by atoms with van der Waals surface area (Å²) in [6, 6.07) is 20.8. The second-order valence-electron chi connectivity index (χ2n) is 7.94. The topological polar surface area (TPSA) is 63.2 Å². The third-order valence-corrected chi connectivity index (χ3v) is 4.57. The van der Waals surface area contributed by atoms with E-state index >= 15 is 0 Å². The maximum Gasteiger partial charge on any atom is 0.319 e. The first-order chi connectivity index (χ1) is 13.8. The van der Waals surface area contributed by atoms with Crippen LogP contribution >= 0.6 is 0 Å². The molecule has 0 aliphatic rings. The van der Waals surface area contributed by atoms with Gasteiger partial charge in [0.25, 0.3) is 0 Å². The number of para-hydroxylation sites is 1. The van der Waals surface area contributed by atoms with Crippen molar-refractivity contribution in [3.63, 3.8) is 0 Å². The van der Waals surface area contributed by atoms with Crippen LogP contribution in [0.1, 0.15) is 44.9 Å². The second kappa shape index (κ2) is 8.78. The van der Waals surface area contributed by atoms with Gasteiger partial charge in [-0.05, 0) is 36.1 Å². The van der Waals surface area contributed by atoms with E-state index in [4.69, 9.17) is 4.74 Å². The minimum Gasteiger partial charge on any atom is -0.437 e. The van der Waals surface area contributed by atoms with Crippen molar-refractivity contribution in [2.45, 2.75) is 39.2 Å². The van der Waals surface area contributed by atoms with Crippen LogP contribution in [0.4, 0.5) is 10.5 Å². The van der Waals surface area contributed by atoms with Crippen molar-refractivity contribution in [1.82, 2.24) is 10.3 Å². The van der Waals surface area contributed by atoms with Crippen molar-refractivity contribution in [3.8, 4) is 11.6 Å². The van der Waals surface area contributed by atoms with Gasteiger partial charge < -0.3 is 15.4 Å². The number of urea groups is 1. The van der Waals surface area contributed by atoms with Gasteiger partial charge in [0.15, 0.2) is 0 Å². The number of anilines is 1. The molecule has 0 spiro atoms. The van der Waals surface area contributed by atoms with Gasteiger partial charge in [-0.1, -0.05) is 69.3 Å². The molecule has 2 amide bonds. The molecule has 1 atom stereocenters. The zero-order valence-corrected chi connectivity index (χ0v) is 17.3. The molecular weight excluding hydrogens is 362 g/mol. The molecule has 0 aliphatic carbocycles. The fourth-order valence-electron chi connectivity index (χ4n) is 3.03. The first kappa shape index (κ1) is 20.4. The Hall–Kier alpha value is -3.34. The molecular formula is C24H27N3O2. The Morgan fingerprint density at radius 3 is 2.38 bits per heavy atom. The Labute approximate surface area is 172 Å². The fourth-order valence-corrected chi connectivity index (χ4v) is 3.03. The minimum absolute atomic E-state index is 0.0819. The van der Waals surface area contributed by atoms with Gasteiger partial charge in [-0.3, -0.25) is 0 Å². The standard InChI is InChI=1S/C24H27N3O2/c1-17(18-11-6-5-7-12-18)26-23(28)27-20-14-10-16-25-22(20)29-21-15-9-8-13-19(21)24(2,3)4/h5-17H,1-4H3,(H2,26,27,28). The summed E-state index contributed by atoms with van der Waals surface area (Å²) in [6.07, 6.45) is 1.64.